The van der Waals surface area contributed by atoms with Crippen LogP contribution in [0.2, 0.25) is 5.28 Å². The van der Waals surface area contributed by atoms with Crippen molar-refractivity contribution < 1.29 is 0 Å². The van der Waals surface area contributed by atoms with Gasteiger partial charge in [-0.2, -0.15) is 4.98 Å². The summed E-state index contributed by atoms with van der Waals surface area (Å²) >= 11 is 7.83. The van der Waals surface area contributed by atoms with Gasteiger partial charge in [-0.25, -0.2) is 4.98 Å². The van der Waals surface area contributed by atoms with Crippen molar-refractivity contribution >= 4 is 39.4 Å². The van der Waals surface area contributed by atoms with Crippen LogP contribution in [0.1, 0.15) is 37.8 Å². The first-order valence-electron chi connectivity index (χ1n) is 7.37. The third kappa shape index (κ3) is 1.94. The molecule has 2 aromatic heterocycles. The lowest BCUT2D eigenvalue weighted by Gasteiger charge is -2.42. The molecule has 0 unspecified atom stereocenters. The Balaban J connectivity index is 2.00. The topological polar surface area (TPSA) is 43.1 Å². The van der Waals surface area contributed by atoms with Crippen LogP contribution in [0.3, 0.4) is 0 Å². The maximum absolute atomic E-state index is 6.04. The molecule has 6 heteroatoms. The van der Waals surface area contributed by atoms with E-state index < -0.39 is 0 Å². The van der Waals surface area contributed by atoms with Crippen LogP contribution in [0.4, 0.5) is 0 Å². The summed E-state index contributed by atoms with van der Waals surface area (Å²) in [6.45, 7) is 0.728. The van der Waals surface area contributed by atoms with Gasteiger partial charge >= 0.3 is 0 Å². The number of aromatic nitrogens is 3. The van der Waals surface area contributed by atoms with E-state index in [2.05, 4.69) is 26.9 Å². The second-order valence-electron chi connectivity index (χ2n) is 5.81. The van der Waals surface area contributed by atoms with Crippen molar-refractivity contribution in [1.82, 2.24) is 14.5 Å². The molecule has 0 atom stereocenters. The number of fused-ring (bicyclic) bond motifs is 4. The van der Waals surface area contributed by atoms with Gasteiger partial charge in [0.2, 0.25) is 5.28 Å². The van der Waals surface area contributed by atoms with Crippen molar-refractivity contribution in [2.24, 2.45) is 4.99 Å². The molecule has 110 valence electrons. The zero-order valence-electron chi connectivity index (χ0n) is 12.0. The predicted molar refractivity (Wildman–Crippen MR) is 88.3 cm³/mol. The normalized spacial score (nSPS) is 20.6. The van der Waals surface area contributed by atoms with Crippen molar-refractivity contribution in [1.29, 1.82) is 0 Å². The van der Waals surface area contributed by atoms with Crippen LogP contribution in [0.25, 0.3) is 11.0 Å². The van der Waals surface area contributed by atoms with Crippen LogP contribution < -0.4 is 0 Å². The molecule has 0 radical (unpaired) electrons. The fourth-order valence-corrected chi connectivity index (χ4v) is 4.84. The van der Waals surface area contributed by atoms with E-state index in [9.17, 15) is 0 Å². The first-order chi connectivity index (χ1) is 10.2. The van der Waals surface area contributed by atoms with E-state index in [-0.39, 0.29) is 5.54 Å². The fourth-order valence-electron chi connectivity index (χ4n) is 3.84. The first kappa shape index (κ1) is 13.6. The van der Waals surface area contributed by atoms with Crippen molar-refractivity contribution in [3.63, 3.8) is 0 Å². The van der Waals surface area contributed by atoms with Gasteiger partial charge in [-0.05, 0) is 36.8 Å². The Morgan fingerprint density at radius 1 is 1.29 bits per heavy atom. The summed E-state index contributed by atoms with van der Waals surface area (Å²) in [6.07, 6.45) is 10.1. The standard InChI is InChI=1S/C15H17ClN4S/c1-21-13-15(5-3-2-4-6-15)20-11(9-17-13)7-10-8-18-14(16)19-12(10)20/h7-8H,2-6,9H2,1H3. The molecule has 0 N–H and O–H groups in total. The maximum atomic E-state index is 6.04. The van der Waals surface area contributed by atoms with Gasteiger partial charge in [0.1, 0.15) is 5.65 Å². The Hall–Kier alpha value is -1.07. The number of thioether (sulfide) groups is 1. The number of hydrogen-bond donors (Lipinski definition) is 0. The quantitative estimate of drug-likeness (QED) is 0.689. The molecule has 1 saturated carbocycles. The minimum atomic E-state index is -0.00924. The molecule has 0 amide bonds. The average molecular weight is 321 g/mol. The van der Waals surface area contributed by atoms with Gasteiger partial charge in [0.05, 0.1) is 17.1 Å². The van der Waals surface area contributed by atoms with E-state index in [0.29, 0.717) is 5.28 Å². The van der Waals surface area contributed by atoms with Gasteiger partial charge in [-0.15, -0.1) is 11.8 Å². The van der Waals surface area contributed by atoms with Crippen LogP contribution in [-0.2, 0) is 12.1 Å². The molecule has 1 aliphatic carbocycles. The lowest BCUT2D eigenvalue weighted by molar-refractivity contribution is 0.280. The number of rotatable bonds is 0. The molecule has 1 fully saturated rings. The Labute approximate surface area is 133 Å². The van der Waals surface area contributed by atoms with E-state index in [4.69, 9.17) is 16.6 Å². The lowest BCUT2D eigenvalue weighted by Crippen LogP contribution is -2.45. The number of halogens is 1. The summed E-state index contributed by atoms with van der Waals surface area (Å²) in [5.74, 6) is 0. The molecule has 0 saturated heterocycles. The third-order valence-corrected chi connectivity index (χ3v) is 5.75. The molecule has 0 bridgehead atoms. The summed E-state index contributed by atoms with van der Waals surface area (Å²) in [5, 5.41) is 2.64. The zero-order chi connectivity index (χ0) is 14.4. The highest BCUT2D eigenvalue weighted by atomic mass is 35.5. The van der Waals surface area contributed by atoms with Crippen LogP contribution in [-0.4, -0.2) is 25.8 Å². The van der Waals surface area contributed by atoms with E-state index in [1.165, 1.54) is 30.0 Å². The molecular weight excluding hydrogens is 304 g/mol. The van der Waals surface area contributed by atoms with Crippen molar-refractivity contribution in [2.45, 2.75) is 44.2 Å². The maximum Gasteiger partial charge on any atom is 0.224 e. The smallest absolute Gasteiger partial charge is 0.224 e. The SMILES string of the molecule is CSC1=NCc2cc3cnc(Cl)nc3n2C12CCCCC2. The van der Waals surface area contributed by atoms with E-state index >= 15 is 0 Å². The predicted octanol–water partition coefficient (Wildman–Crippen LogP) is 4.02. The summed E-state index contributed by atoms with van der Waals surface area (Å²) in [6, 6.07) is 2.17. The third-order valence-electron chi connectivity index (χ3n) is 4.67. The lowest BCUT2D eigenvalue weighted by atomic mass is 9.81. The minimum absolute atomic E-state index is 0.00924. The second-order valence-corrected chi connectivity index (χ2v) is 6.94. The first-order valence-corrected chi connectivity index (χ1v) is 8.97. The van der Waals surface area contributed by atoms with Crippen molar-refractivity contribution in [3.8, 4) is 0 Å². The van der Waals surface area contributed by atoms with Crippen LogP contribution in [0, 0.1) is 0 Å². The number of nitrogens with zero attached hydrogens (tertiary/aromatic N) is 4. The molecule has 0 aromatic carbocycles. The minimum Gasteiger partial charge on any atom is -0.315 e. The van der Waals surface area contributed by atoms with Gasteiger partial charge in [0, 0.05) is 17.3 Å². The molecule has 21 heavy (non-hydrogen) atoms. The summed E-state index contributed by atoms with van der Waals surface area (Å²) < 4.78 is 2.41. The molecule has 2 aromatic rings. The molecule has 1 spiro atoms. The molecule has 1 aliphatic heterocycles. The van der Waals surface area contributed by atoms with E-state index in [1.54, 1.807) is 11.8 Å². The largest absolute Gasteiger partial charge is 0.315 e. The van der Waals surface area contributed by atoms with E-state index in [0.717, 1.165) is 30.4 Å². The van der Waals surface area contributed by atoms with Gasteiger partial charge in [-0.3, -0.25) is 4.99 Å². The Kier molecular flexibility index (Phi) is 3.23. The van der Waals surface area contributed by atoms with Crippen LogP contribution in [0.5, 0.6) is 0 Å². The molecule has 4 rings (SSSR count). The second kappa shape index (κ2) is 4.99. The molecule has 3 heterocycles. The fraction of sp³-hybridized carbons (Fsp3) is 0.533. The summed E-state index contributed by atoms with van der Waals surface area (Å²) in [4.78, 5) is 13.5. The van der Waals surface area contributed by atoms with Gasteiger partial charge in [0.15, 0.2) is 0 Å². The molecular formula is C15H17ClN4S. The van der Waals surface area contributed by atoms with Crippen LogP contribution in [0.15, 0.2) is 17.3 Å². The summed E-state index contributed by atoms with van der Waals surface area (Å²) in [7, 11) is 0. The summed E-state index contributed by atoms with van der Waals surface area (Å²) in [5.41, 5.74) is 2.19. The van der Waals surface area contributed by atoms with Crippen LogP contribution >= 0.6 is 23.4 Å². The molecule has 4 nitrogen and oxygen atoms in total. The highest BCUT2D eigenvalue weighted by molar-refractivity contribution is 8.13. The van der Waals surface area contributed by atoms with Gasteiger partial charge in [-0.1, -0.05) is 19.3 Å². The van der Waals surface area contributed by atoms with Crippen molar-refractivity contribution in [3.05, 3.63) is 23.2 Å². The zero-order valence-corrected chi connectivity index (χ0v) is 13.5. The van der Waals surface area contributed by atoms with E-state index in [1.807, 2.05) is 6.20 Å². The highest BCUT2D eigenvalue weighted by Crippen LogP contribution is 2.44. The van der Waals surface area contributed by atoms with Gasteiger partial charge < -0.3 is 4.57 Å². The monoisotopic (exact) mass is 320 g/mol. The molecule has 2 aliphatic rings. The Morgan fingerprint density at radius 3 is 2.86 bits per heavy atom. The van der Waals surface area contributed by atoms with Gasteiger partial charge in [0.25, 0.3) is 0 Å². The van der Waals surface area contributed by atoms with Crippen molar-refractivity contribution in [2.75, 3.05) is 6.26 Å². The highest BCUT2D eigenvalue weighted by Gasteiger charge is 2.43. The average Bonchev–Trinajstić information content (AvgIpc) is 2.87. The number of hydrogen-bond acceptors (Lipinski definition) is 4. The Bertz CT molecular complexity index is 731. The Morgan fingerprint density at radius 2 is 2.10 bits per heavy atom. The number of aliphatic imine (C=N–C) groups is 1.